The predicted molar refractivity (Wildman–Crippen MR) is 171 cm³/mol. The molecule has 0 radical (unpaired) electrons. The molecular formula is C33H40N2O5S2. The number of aryl methyl sites for hydroxylation is 2. The number of H-pyrrole nitrogens is 1. The van der Waals surface area contributed by atoms with Gasteiger partial charge in [0.25, 0.3) is 0 Å². The first-order valence-electron chi connectivity index (χ1n) is 14.2. The van der Waals surface area contributed by atoms with Gasteiger partial charge in [0.05, 0.1) is 15.4 Å². The van der Waals surface area contributed by atoms with Crippen molar-refractivity contribution in [3.63, 3.8) is 0 Å². The molecule has 7 nitrogen and oxygen atoms in total. The number of carboxylic acids is 2. The summed E-state index contributed by atoms with van der Waals surface area (Å²) < 4.78 is 0. The van der Waals surface area contributed by atoms with E-state index in [0.29, 0.717) is 37.3 Å². The van der Waals surface area contributed by atoms with Crippen LogP contribution in [0.25, 0.3) is 32.5 Å². The zero-order valence-corrected chi connectivity index (χ0v) is 26.8. The minimum absolute atomic E-state index is 0.137. The van der Waals surface area contributed by atoms with E-state index in [2.05, 4.69) is 52.6 Å². The van der Waals surface area contributed by atoms with E-state index in [-0.39, 0.29) is 23.7 Å². The number of aromatic amines is 1. The largest absolute Gasteiger partial charge is 0.507 e. The molecule has 4 rings (SSSR count). The van der Waals surface area contributed by atoms with Crippen LogP contribution in [0.4, 0.5) is 0 Å². The van der Waals surface area contributed by atoms with Crippen molar-refractivity contribution in [2.45, 2.75) is 90.9 Å². The summed E-state index contributed by atoms with van der Waals surface area (Å²) in [6.45, 7) is 12.5. The topological polar surface area (TPSA) is 124 Å². The summed E-state index contributed by atoms with van der Waals surface area (Å²) in [6, 6.07) is 12.2. The molecule has 0 unspecified atom stereocenters. The summed E-state index contributed by atoms with van der Waals surface area (Å²) in [7, 11) is 0. The highest BCUT2D eigenvalue weighted by atomic mass is 32.1. The number of hydrogen-bond acceptors (Lipinski definition) is 6. The molecule has 0 amide bonds. The summed E-state index contributed by atoms with van der Waals surface area (Å²) in [4.78, 5) is 34.9. The summed E-state index contributed by atoms with van der Waals surface area (Å²) in [5, 5.41) is 29.3. The highest BCUT2D eigenvalue weighted by Gasteiger charge is 2.28. The van der Waals surface area contributed by atoms with Crippen LogP contribution in [0.2, 0.25) is 0 Å². The molecule has 1 aromatic carbocycles. The fraction of sp³-hybridized carbons (Fsp3) is 0.424. The molecule has 0 saturated heterocycles. The van der Waals surface area contributed by atoms with Crippen LogP contribution >= 0.6 is 22.7 Å². The van der Waals surface area contributed by atoms with Gasteiger partial charge in [-0.3, -0.25) is 9.59 Å². The van der Waals surface area contributed by atoms with Crippen LogP contribution in [0.3, 0.4) is 0 Å². The molecule has 224 valence electrons. The number of hydrogen-bond donors (Lipinski definition) is 4. The quantitative estimate of drug-likeness (QED) is 0.135. The fourth-order valence-electron chi connectivity index (χ4n) is 4.90. The number of aromatic nitrogens is 2. The summed E-state index contributed by atoms with van der Waals surface area (Å²) in [5.41, 5.74) is 3.76. The molecule has 4 N–H and O–H groups in total. The van der Waals surface area contributed by atoms with E-state index in [0.717, 1.165) is 47.6 Å². The molecule has 42 heavy (non-hydrogen) atoms. The van der Waals surface area contributed by atoms with Gasteiger partial charge in [-0.25, -0.2) is 4.98 Å². The van der Waals surface area contributed by atoms with E-state index in [1.165, 1.54) is 0 Å². The van der Waals surface area contributed by atoms with Gasteiger partial charge in [0.1, 0.15) is 17.3 Å². The molecule has 4 aromatic rings. The summed E-state index contributed by atoms with van der Waals surface area (Å²) in [5.74, 6) is -0.555. The minimum Gasteiger partial charge on any atom is -0.507 e. The van der Waals surface area contributed by atoms with Gasteiger partial charge in [-0.05, 0) is 72.9 Å². The Hall–Kier alpha value is -3.43. The van der Waals surface area contributed by atoms with Gasteiger partial charge in [0.15, 0.2) is 0 Å². The second-order valence-electron chi connectivity index (χ2n) is 12.8. The fourth-order valence-corrected chi connectivity index (χ4v) is 6.99. The third kappa shape index (κ3) is 7.50. The first kappa shape index (κ1) is 31.5. The lowest BCUT2D eigenvalue weighted by Crippen LogP contribution is -2.17. The van der Waals surface area contributed by atoms with Crippen LogP contribution in [-0.4, -0.2) is 37.2 Å². The maximum absolute atomic E-state index is 11.3. The molecule has 0 aliphatic rings. The number of imidazole rings is 1. The smallest absolute Gasteiger partial charge is 0.303 e. The van der Waals surface area contributed by atoms with Crippen LogP contribution < -0.4 is 0 Å². The lowest BCUT2D eigenvalue weighted by molar-refractivity contribution is -0.138. The number of phenols is 1. The third-order valence-electron chi connectivity index (χ3n) is 7.13. The maximum Gasteiger partial charge on any atom is 0.303 e. The van der Waals surface area contributed by atoms with Gasteiger partial charge in [-0.2, -0.15) is 0 Å². The van der Waals surface area contributed by atoms with Crippen LogP contribution in [0.15, 0.2) is 36.4 Å². The monoisotopic (exact) mass is 608 g/mol. The number of thiophene rings is 2. The molecule has 0 aliphatic heterocycles. The second-order valence-corrected chi connectivity index (χ2v) is 15.1. The van der Waals surface area contributed by atoms with Crippen molar-refractivity contribution in [3.8, 4) is 38.3 Å². The van der Waals surface area contributed by atoms with Crippen molar-refractivity contribution in [2.24, 2.45) is 0 Å². The van der Waals surface area contributed by atoms with Gasteiger partial charge in [0, 0.05) is 39.3 Å². The number of nitrogens with zero attached hydrogens (tertiary/aromatic N) is 1. The molecule has 3 heterocycles. The maximum atomic E-state index is 11.3. The SMILES string of the molecule is CC(C)(C)c1cc(-c2nc(-c3ccc(CCCC(=O)O)s3)c(-c3ccc(CCCC(=O)O)s3)[nH]2)cc(C(C)(C)C)c1O. The second kappa shape index (κ2) is 12.4. The van der Waals surface area contributed by atoms with E-state index in [1.54, 1.807) is 22.7 Å². The molecular weight excluding hydrogens is 569 g/mol. The Morgan fingerprint density at radius 3 is 1.74 bits per heavy atom. The van der Waals surface area contributed by atoms with Crippen molar-refractivity contribution in [3.05, 3.63) is 57.3 Å². The van der Waals surface area contributed by atoms with E-state index in [1.807, 2.05) is 30.3 Å². The zero-order chi connectivity index (χ0) is 30.8. The lowest BCUT2D eigenvalue weighted by Gasteiger charge is -2.28. The van der Waals surface area contributed by atoms with Crippen molar-refractivity contribution in [1.82, 2.24) is 9.97 Å². The van der Waals surface area contributed by atoms with Crippen molar-refractivity contribution >= 4 is 34.6 Å². The first-order chi connectivity index (χ1) is 19.6. The number of benzene rings is 1. The van der Waals surface area contributed by atoms with E-state index in [9.17, 15) is 14.7 Å². The van der Waals surface area contributed by atoms with E-state index in [4.69, 9.17) is 15.2 Å². The highest BCUT2D eigenvalue weighted by Crippen LogP contribution is 2.44. The Morgan fingerprint density at radius 2 is 1.26 bits per heavy atom. The summed E-state index contributed by atoms with van der Waals surface area (Å²) in [6.07, 6.45) is 2.83. The number of nitrogens with one attached hydrogen (secondary N) is 1. The van der Waals surface area contributed by atoms with E-state index >= 15 is 0 Å². The Kier molecular flexibility index (Phi) is 9.33. The number of aliphatic carboxylic acids is 2. The average Bonchev–Trinajstić information content (AvgIpc) is 3.62. The Balaban J connectivity index is 1.81. The van der Waals surface area contributed by atoms with Crippen molar-refractivity contribution in [1.29, 1.82) is 0 Å². The lowest BCUT2D eigenvalue weighted by atomic mass is 9.78. The molecule has 3 aromatic heterocycles. The molecule has 0 aliphatic carbocycles. The zero-order valence-electron chi connectivity index (χ0n) is 25.1. The van der Waals surface area contributed by atoms with Crippen LogP contribution in [0.1, 0.15) is 88.1 Å². The van der Waals surface area contributed by atoms with Crippen molar-refractivity contribution < 1.29 is 24.9 Å². The standard InChI is InChI=1S/C33H40N2O5S2/c1-32(2,3)22-17-19(18-23(30(22)40)33(4,5)6)31-34-28(24-15-13-20(41-24)9-7-11-26(36)37)29(35-31)25-16-14-21(42-25)10-8-12-27(38)39/h13-18,40H,7-12H2,1-6H3,(H,34,35)(H,36,37)(H,38,39). The van der Waals surface area contributed by atoms with Gasteiger partial charge in [-0.15, -0.1) is 22.7 Å². The third-order valence-corrected chi connectivity index (χ3v) is 9.45. The molecule has 0 spiro atoms. The van der Waals surface area contributed by atoms with Crippen LogP contribution in [-0.2, 0) is 33.3 Å². The van der Waals surface area contributed by atoms with Gasteiger partial charge >= 0.3 is 11.9 Å². The Bertz CT molecular complexity index is 1470. The number of carboxylic acid groups (broad SMARTS) is 2. The highest BCUT2D eigenvalue weighted by molar-refractivity contribution is 7.16. The van der Waals surface area contributed by atoms with Gasteiger partial charge in [-0.1, -0.05) is 41.5 Å². The minimum atomic E-state index is -0.791. The molecule has 9 heteroatoms. The normalized spacial score (nSPS) is 12.1. The molecule has 0 atom stereocenters. The van der Waals surface area contributed by atoms with Crippen LogP contribution in [0.5, 0.6) is 5.75 Å². The predicted octanol–water partition coefficient (Wildman–Crippen LogP) is 8.65. The number of rotatable bonds is 11. The van der Waals surface area contributed by atoms with E-state index < -0.39 is 11.9 Å². The molecule has 0 fully saturated rings. The molecule has 0 saturated carbocycles. The van der Waals surface area contributed by atoms with Crippen LogP contribution in [0, 0.1) is 0 Å². The van der Waals surface area contributed by atoms with Gasteiger partial charge in [0.2, 0.25) is 0 Å². The number of aromatic hydroxyl groups is 1. The Morgan fingerprint density at radius 1 is 0.786 bits per heavy atom. The number of carbonyl (C=O) groups is 2. The van der Waals surface area contributed by atoms with Crippen molar-refractivity contribution in [2.75, 3.05) is 0 Å². The average molecular weight is 609 g/mol. The number of phenolic OH excluding ortho intramolecular Hbond substituents is 1. The van der Waals surface area contributed by atoms with Gasteiger partial charge < -0.3 is 20.3 Å². The Labute approximate surface area is 255 Å². The molecule has 0 bridgehead atoms. The summed E-state index contributed by atoms with van der Waals surface area (Å²) >= 11 is 3.25. The first-order valence-corrected chi connectivity index (χ1v) is 15.9.